The zero-order valence-electron chi connectivity index (χ0n) is 12.6. The molecule has 0 radical (unpaired) electrons. The van der Waals surface area contributed by atoms with E-state index in [1.165, 1.54) is 33.3 Å². The highest BCUT2D eigenvalue weighted by atomic mass is 35.5. The quantitative estimate of drug-likeness (QED) is 0.670. The average Bonchev–Trinajstić information content (AvgIpc) is 2.89. The molecule has 3 aromatic rings. The van der Waals surface area contributed by atoms with Gasteiger partial charge >= 0.3 is 5.69 Å². The van der Waals surface area contributed by atoms with Crippen LogP contribution in [0.3, 0.4) is 0 Å². The first-order valence-electron chi connectivity index (χ1n) is 7.27. The summed E-state index contributed by atoms with van der Waals surface area (Å²) >= 11 is 5.75. The summed E-state index contributed by atoms with van der Waals surface area (Å²) in [7, 11) is -3.59. The molecule has 0 spiro atoms. The van der Waals surface area contributed by atoms with Crippen molar-refractivity contribution in [1.29, 1.82) is 0 Å². The van der Waals surface area contributed by atoms with E-state index in [1.807, 2.05) is 0 Å². The number of pyridine rings is 1. The Bertz CT molecular complexity index is 1010. The Hall–Kier alpha value is -2.16. The number of hydrogen-bond donors (Lipinski definition) is 1. The number of aromatic nitrogens is 3. The molecule has 2 heterocycles. The van der Waals surface area contributed by atoms with Gasteiger partial charge in [-0.2, -0.15) is 0 Å². The third-order valence-corrected chi connectivity index (χ3v) is 5.18. The molecule has 9 heteroatoms. The van der Waals surface area contributed by atoms with Crippen LogP contribution in [0, 0.1) is 0 Å². The highest BCUT2D eigenvalue weighted by molar-refractivity contribution is 7.89. The maximum absolute atomic E-state index is 12.1. The average molecular weight is 367 g/mol. The fourth-order valence-corrected chi connectivity index (χ4v) is 3.45. The summed E-state index contributed by atoms with van der Waals surface area (Å²) in [4.78, 5) is 12.2. The van der Waals surface area contributed by atoms with E-state index in [0.717, 1.165) is 0 Å². The minimum Gasteiger partial charge on any atom is -0.250 e. The van der Waals surface area contributed by atoms with E-state index in [9.17, 15) is 13.2 Å². The molecule has 0 saturated carbocycles. The molecule has 0 saturated heterocycles. The Kier molecular flexibility index (Phi) is 4.70. The molecule has 1 aromatic carbocycles. The van der Waals surface area contributed by atoms with Crippen LogP contribution in [0.1, 0.15) is 6.42 Å². The van der Waals surface area contributed by atoms with E-state index in [1.54, 1.807) is 24.4 Å². The Morgan fingerprint density at radius 3 is 2.58 bits per heavy atom. The molecule has 0 aliphatic heterocycles. The summed E-state index contributed by atoms with van der Waals surface area (Å²) in [6.45, 7) is 0.523. The van der Waals surface area contributed by atoms with Crippen molar-refractivity contribution in [2.75, 3.05) is 6.54 Å². The van der Waals surface area contributed by atoms with Crippen molar-refractivity contribution in [2.24, 2.45) is 0 Å². The van der Waals surface area contributed by atoms with Crippen LogP contribution in [0.25, 0.3) is 5.65 Å². The molecule has 126 valence electrons. The topological polar surface area (TPSA) is 85.5 Å². The number of benzene rings is 1. The smallest absolute Gasteiger partial charge is 0.250 e. The van der Waals surface area contributed by atoms with Crippen LogP contribution in [0.5, 0.6) is 0 Å². The number of nitrogens with zero attached hydrogens (tertiary/aromatic N) is 3. The molecule has 24 heavy (non-hydrogen) atoms. The zero-order chi connectivity index (χ0) is 17.2. The van der Waals surface area contributed by atoms with Gasteiger partial charge in [-0.25, -0.2) is 22.6 Å². The first-order chi connectivity index (χ1) is 11.5. The summed E-state index contributed by atoms with van der Waals surface area (Å²) in [5.41, 5.74) is 0.315. The minimum atomic E-state index is -3.59. The standard InChI is InChI=1S/C15H15ClN4O3S/c16-12-5-7-13(8-6-12)24(22,23)17-9-3-11-20-15(21)19-10-2-1-4-14(19)18-20/h1-2,4-8,10,17H,3,9,11H2. The number of aryl methyl sites for hydroxylation is 1. The Morgan fingerprint density at radius 2 is 1.88 bits per heavy atom. The zero-order valence-corrected chi connectivity index (χ0v) is 14.2. The predicted molar refractivity (Wildman–Crippen MR) is 90.7 cm³/mol. The number of hydrogen-bond acceptors (Lipinski definition) is 4. The summed E-state index contributed by atoms with van der Waals surface area (Å²) in [6, 6.07) is 11.2. The van der Waals surface area contributed by atoms with Gasteiger partial charge in [0.05, 0.1) is 4.90 Å². The molecule has 2 aromatic heterocycles. The van der Waals surface area contributed by atoms with Gasteiger partial charge in [-0.15, -0.1) is 5.10 Å². The Balaban J connectivity index is 1.61. The molecule has 3 rings (SSSR count). The van der Waals surface area contributed by atoms with Crippen molar-refractivity contribution in [2.45, 2.75) is 17.9 Å². The van der Waals surface area contributed by atoms with E-state index in [2.05, 4.69) is 9.82 Å². The third kappa shape index (κ3) is 3.50. The van der Waals surface area contributed by atoms with Gasteiger partial charge in [-0.05, 0) is 42.8 Å². The lowest BCUT2D eigenvalue weighted by Crippen LogP contribution is -2.27. The van der Waals surface area contributed by atoms with Gasteiger partial charge in [0.1, 0.15) is 0 Å². The molecular formula is C15H15ClN4O3S. The molecule has 0 aliphatic carbocycles. The molecule has 1 N–H and O–H groups in total. The summed E-state index contributed by atoms with van der Waals surface area (Å²) in [5.74, 6) is 0. The van der Waals surface area contributed by atoms with Gasteiger partial charge in [-0.3, -0.25) is 4.40 Å². The second-order valence-corrected chi connectivity index (χ2v) is 7.34. The summed E-state index contributed by atoms with van der Waals surface area (Å²) in [6.07, 6.45) is 2.08. The van der Waals surface area contributed by atoms with Crippen LogP contribution in [0.15, 0.2) is 58.4 Å². The van der Waals surface area contributed by atoms with Crippen molar-refractivity contribution in [1.82, 2.24) is 18.9 Å². The number of nitrogens with one attached hydrogen (secondary N) is 1. The van der Waals surface area contributed by atoms with E-state index < -0.39 is 10.0 Å². The van der Waals surface area contributed by atoms with Crippen molar-refractivity contribution in [3.63, 3.8) is 0 Å². The Labute approximate surface area is 143 Å². The first-order valence-corrected chi connectivity index (χ1v) is 9.13. The third-order valence-electron chi connectivity index (χ3n) is 3.45. The highest BCUT2D eigenvalue weighted by Crippen LogP contribution is 2.13. The number of halogens is 1. The van der Waals surface area contributed by atoms with Crippen LogP contribution in [0.2, 0.25) is 5.02 Å². The minimum absolute atomic E-state index is 0.150. The van der Waals surface area contributed by atoms with E-state index in [4.69, 9.17) is 11.6 Å². The van der Waals surface area contributed by atoms with Crippen LogP contribution >= 0.6 is 11.6 Å². The van der Waals surface area contributed by atoms with Crippen LogP contribution in [0.4, 0.5) is 0 Å². The molecule has 0 atom stereocenters. The molecule has 0 bridgehead atoms. The van der Waals surface area contributed by atoms with E-state index in [-0.39, 0.29) is 17.1 Å². The lowest BCUT2D eigenvalue weighted by atomic mass is 10.4. The molecule has 7 nitrogen and oxygen atoms in total. The Morgan fingerprint density at radius 1 is 1.12 bits per heavy atom. The maximum atomic E-state index is 12.1. The SMILES string of the molecule is O=c1n(CCCNS(=O)(=O)c2ccc(Cl)cc2)nc2ccccn12. The largest absolute Gasteiger partial charge is 0.350 e. The molecular weight excluding hydrogens is 352 g/mol. The second-order valence-electron chi connectivity index (χ2n) is 5.14. The molecule has 0 aliphatic rings. The van der Waals surface area contributed by atoms with Gasteiger partial charge in [-0.1, -0.05) is 17.7 Å². The van der Waals surface area contributed by atoms with Gasteiger partial charge in [0.2, 0.25) is 10.0 Å². The second kappa shape index (κ2) is 6.76. The van der Waals surface area contributed by atoms with Gasteiger partial charge in [0.15, 0.2) is 5.65 Å². The van der Waals surface area contributed by atoms with Gasteiger partial charge in [0, 0.05) is 24.3 Å². The summed E-state index contributed by atoms with van der Waals surface area (Å²) < 4.78 is 29.5. The fraction of sp³-hybridized carbons (Fsp3) is 0.200. The number of rotatable bonds is 6. The van der Waals surface area contributed by atoms with Crippen LogP contribution in [-0.2, 0) is 16.6 Å². The van der Waals surface area contributed by atoms with E-state index >= 15 is 0 Å². The lowest BCUT2D eigenvalue weighted by Gasteiger charge is -2.06. The van der Waals surface area contributed by atoms with Crippen molar-refractivity contribution in [3.8, 4) is 0 Å². The van der Waals surface area contributed by atoms with Gasteiger partial charge < -0.3 is 0 Å². The normalized spacial score (nSPS) is 11.9. The predicted octanol–water partition coefficient (Wildman–Crippen LogP) is 1.52. The lowest BCUT2D eigenvalue weighted by molar-refractivity contribution is 0.543. The van der Waals surface area contributed by atoms with E-state index in [0.29, 0.717) is 23.6 Å². The molecule has 0 unspecified atom stereocenters. The van der Waals surface area contributed by atoms with Crippen molar-refractivity contribution in [3.05, 3.63) is 64.2 Å². The number of sulfonamides is 1. The van der Waals surface area contributed by atoms with Gasteiger partial charge in [0.25, 0.3) is 0 Å². The number of fused-ring (bicyclic) bond motifs is 1. The molecule has 0 amide bonds. The highest BCUT2D eigenvalue weighted by Gasteiger charge is 2.13. The van der Waals surface area contributed by atoms with Crippen LogP contribution < -0.4 is 10.4 Å². The van der Waals surface area contributed by atoms with Crippen LogP contribution in [-0.4, -0.2) is 29.1 Å². The monoisotopic (exact) mass is 366 g/mol. The van der Waals surface area contributed by atoms with Crippen molar-refractivity contribution >= 4 is 27.3 Å². The maximum Gasteiger partial charge on any atom is 0.350 e. The molecule has 0 fully saturated rings. The fourth-order valence-electron chi connectivity index (χ4n) is 2.25. The first kappa shape index (κ1) is 16.7. The summed E-state index contributed by atoms with van der Waals surface area (Å²) in [5, 5.41) is 4.66. The van der Waals surface area contributed by atoms with Crippen molar-refractivity contribution < 1.29 is 8.42 Å².